The van der Waals surface area contributed by atoms with E-state index in [-0.39, 0.29) is 0 Å². The van der Waals surface area contributed by atoms with E-state index in [1.165, 1.54) is 11.1 Å². The van der Waals surface area contributed by atoms with Gasteiger partial charge in [-0.25, -0.2) is 4.98 Å². The van der Waals surface area contributed by atoms with Crippen molar-refractivity contribution >= 4 is 11.1 Å². The molecule has 100 valence electrons. The Morgan fingerprint density at radius 2 is 2.00 bits per heavy atom. The minimum atomic E-state index is 0.656. The van der Waals surface area contributed by atoms with E-state index in [1.54, 1.807) is 7.11 Å². The lowest BCUT2D eigenvalue weighted by Crippen LogP contribution is -1.99. The Labute approximate surface area is 116 Å². The second kappa shape index (κ2) is 4.35. The number of hydrogen-bond acceptors (Lipinski definition) is 4. The summed E-state index contributed by atoms with van der Waals surface area (Å²) in [4.78, 5) is 4.55. The topological polar surface area (TPSA) is 47.3 Å². The molecule has 0 spiro atoms. The summed E-state index contributed by atoms with van der Waals surface area (Å²) in [6.07, 6.45) is 0. The Kier molecular flexibility index (Phi) is 2.50. The quantitative estimate of drug-likeness (QED) is 0.774. The zero-order valence-corrected chi connectivity index (χ0v) is 11.1. The van der Waals surface area contributed by atoms with Crippen molar-refractivity contribution in [1.29, 1.82) is 0 Å². The summed E-state index contributed by atoms with van der Waals surface area (Å²) in [7, 11) is 1.65. The molecule has 0 amide bonds. The minimum absolute atomic E-state index is 0.656. The van der Waals surface area contributed by atoms with Gasteiger partial charge >= 0.3 is 0 Å². The lowest BCUT2D eigenvalue weighted by Gasteiger charge is -1.99. The second-order valence-corrected chi connectivity index (χ2v) is 4.94. The van der Waals surface area contributed by atoms with Crippen LogP contribution in [0.15, 0.2) is 40.8 Å². The van der Waals surface area contributed by atoms with Gasteiger partial charge in [-0.3, -0.25) is 0 Å². The molecule has 4 heteroatoms. The smallest absolute Gasteiger partial charge is 0.227 e. The van der Waals surface area contributed by atoms with Crippen LogP contribution in [0.5, 0.6) is 5.75 Å². The second-order valence-electron chi connectivity index (χ2n) is 4.94. The number of hydrogen-bond donors (Lipinski definition) is 1. The molecule has 1 aliphatic heterocycles. The fraction of sp³-hybridized carbons (Fsp3) is 0.188. The summed E-state index contributed by atoms with van der Waals surface area (Å²) in [5.74, 6) is 1.44. The Morgan fingerprint density at radius 3 is 2.90 bits per heavy atom. The largest absolute Gasteiger partial charge is 0.497 e. The van der Waals surface area contributed by atoms with Crippen LogP contribution in [-0.2, 0) is 13.1 Å². The molecule has 4 rings (SSSR count). The zero-order chi connectivity index (χ0) is 13.5. The van der Waals surface area contributed by atoms with Gasteiger partial charge in [0.15, 0.2) is 5.58 Å². The van der Waals surface area contributed by atoms with Crippen LogP contribution in [0.4, 0.5) is 0 Å². The van der Waals surface area contributed by atoms with Crippen molar-refractivity contribution in [3.8, 4) is 17.2 Å². The van der Waals surface area contributed by atoms with E-state index >= 15 is 0 Å². The van der Waals surface area contributed by atoms with Gasteiger partial charge < -0.3 is 14.5 Å². The van der Waals surface area contributed by atoms with Crippen LogP contribution >= 0.6 is 0 Å². The van der Waals surface area contributed by atoms with Gasteiger partial charge in [0.25, 0.3) is 0 Å². The van der Waals surface area contributed by atoms with Crippen LogP contribution in [0.25, 0.3) is 22.6 Å². The Bertz CT molecular complexity index is 792. The van der Waals surface area contributed by atoms with Crippen molar-refractivity contribution in [2.75, 3.05) is 7.11 Å². The molecule has 4 nitrogen and oxygen atoms in total. The molecule has 2 heterocycles. The van der Waals surface area contributed by atoms with Crippen LogP contribution < -0.4 is 10.1 Å². The van der Waals surface area contributed by atoms with Gasteiger partial charge in [0.05, 0.1) is 7.11 Å². The van der Waals surface area contributed by atoms with Crippen LogP contribution in [-0.4, -0.2) is 12.1 Å². The number of aromatic nitrogens is 1. The third kappa shape index (κ3) is 1.77. The van der Waals surface area contributed by atoms with Crippen LogP contribution in [0.2, 0.25) is 0 Å². The highest BCUT2D eigenvalue weighted by Crippen LogP contribution is 2.29. The molecule has 1 aromatic heterocycles. The number of rotatable bonds is 2. The molecule has 0 unspecified atom stereocenters. The molecule has 0 radical (unpaired) electrons. The summed E-state index contributed by atoms with van der Waals surface area (Å²) < 4.78 is 11.0. The third-order valence-corrected chi connectivity index (χ3v) is 3.68. The molecule has 0 fully saturated rings. The minimum Gasteiger partial charge on any atom is -0.497 e. The molecule has 0 bridgehead atoms. The summed E-state index contributed by atoms with van der Waals surface area (Å²) in [5.41, 5.74) is 5.29. The average Bonchev–Trinajstić information content (AvgIpc) is 3.11. The van der Waals surface area contributed by atoms with E-state index in [0.717, 1.165) is 35.5 Å². The molecule has 0 aliphatic carbocycles. The van der Waals surface area contributed by atoms with Crippen LogP contribution in [0.1, 0.15) is 11.1 Å². The molecule has 2 aromatic carbocycles. The number of nitrogens with one attached hydrogen (secondary N) is 1. The first-order valence-electron chi connectivity index (χ1n) is 6.61. The SMILES string of the molecule is COc1ccc2oc(-c3ccc4c(c3)CNC4)nc2c1. The van der Waals surface area contributed by atoms with Gasteiger partial charge in [0.1, 0.15) is 11.3 Å². The first-order chi connectivity index (χ1) is 9.83. The maximum atomic E-state index is 5.83. The van der Waals surface area contributed by atoms with Crippen molar-refractivity contribution in [2.24, 2.45) is 0 Å². The molecule has 1 N–H and O–H groups in total. The number of ether oxygens (including phenoxy) is 1. The highest BCUT2D eigenvalue weighted by molar-refractivity contribution is 5.77. The van der Waals surface area contributed by atoms with Gasteiger partial charge in [0.2, 0.25) is 5.89 Å². The molecule has 0 atom stereocenters. The van der Waals surface area contributed by atoms with Crippen LogP contribution in [0, 0.1) is 0 Å². The first-order valence-corrected chi connectivity index (χ1v) is 6.61. The molecular formula is C16H14N2O2. The standard InChI is InChI=1S/C16H14N2O2/c1-19-13-4-5-15-14(7-13)18-16(20-15)10-2-3-11-8-17-9-12(11)6-10/h2-7,17H,8-9H2,1H3. The van der Waals surface area contributed by atoms with Gasteiger partial charge in [-0.05, 0) is 35.4 Å². The van der Waals surface area contributed by atoms with Crippen molar-refractivity contribution in [3.05, 3.63) is 47.5 Å². The molecule has 3 aromatic rings. The fourth-order valence-corrected chi connectivity index (χ4v) is 2.59. The highest BCUT2D eigenvalue weighted by atomic mass is 16.5. The number of oxazole rings is 1. The van der Waals surface area contributed by atoms with Gasteiger partial charge in [0, 0.05) is 24.7 Å². The first kappa shape index (κ1) is 11.5. The van der Waals surface area contributed by atoms with Crippen molar-refractivity contribution < 1.29 is 9.15 Å². The van der Waals surface area contributed by atoms with Crippen molar-refractivity contribution in [2.45, 2.75) is 13.1 Å². The summed E-state index contributed by atoms with van der Waals surface area (Å²) in [6, 6.07) is 12.0. The normalized spacial score (nSPS) is 13.7. The van der Waals surface area contributed by atoms with E-state index in [0.29, 0.717) is 5.89 Å². The van der Waals surface area contributed by atoms with E-state index in [9.17, 15) is 0 Å². The summed E-state index contributed by atoms with van der Waals surface area (Å²) in [6.45, 7) is 1.86. The molecule has 0 saturated carbocycles. The number of methoxy groups -OCH3 is 1. The van der Waals surface area contributed by atoms with E-state index in [1.807, 2.05) is 18.2 Å². The lowest BCUT2D eigenvalue weighted by atomic mass is 10.1. The Morgan fingerprint density at radius 1 is 1.10 bits per heavy atom. The van der Waals surface area contributed by atoms with Gasteiger partial charge in [-0.2, -0.15) is 0 Å². The van der Waals surface area contributed by atoms with Gasteiger partial charge in [-0.15, -0.1) is 0 Å². The zero-order valence-electron chi connectivity index (χ0n) is 11.1. The maximum absolute atomic E-state index is 5.83. The predicted molar refractivity (Wildman–Crippen MR) is 76.5 cm³/mol. The number of nitrogens with zero attached hydrogens (tertiary/aromatic N) is 1. The Balaban J connectivity index is 1.81. The lowest BCUT2D eigenvalue weighted by molar-refractivity contribution is 0.415. The monoisotopic (exact) mass is 266 g/mol. The van der Waals surface area contributed by atoms with Crippen molar-refractivity contribution in [1.82, 2.24) is 10.3 Å². The van der Waals surface area contributed by atoms with E-state index < -0.39 is 0 Å². The van der Waals surface area contributed by atoms with E-state index in [2.05, 4.69) is 28.5 Å². The Hall–Kier alpha value is -2.33. The highest BCUT2D eigenvalue weighted by Gasteiger charge is 2.14. The predicted octanol–water partition coefficient (Wildman–Crippen LogP) is 3.11. The summed E-state index contributed by atoms with van der Waals surface area (Å²) in [5, 5.41) is 3.34. The fourth-order valence-electron chi connectivity index (χ4n) is 2.59. The number of benzene rings is 2. The maximum Gasteiger partial charge on any atom is 0.227 e. The molecule has 20 heavy (non-hydrogen) atoms. The van der Waals surface area contributed by atoms with E-state index in [4.69, 9.17) is 9.15 Å². The molecule has 1 aliphatic rings. The number of fused-ring (bicyclic) bond motifs is 2. The van der Waals surface area contributed by atoms with Crippen molar-refractivity contribution in [3.63, 3.8) is 0 Å². The molecular weight excluding hydrogens is 252 g/mol. The van der Waals surface area contributed by atoms with Gasteiger partial charge in [-0.1, -0.05) is 6.07 Å². The average molecular weight is 266 g/mol. The summed E-state index contributed by atoms with van der Waals surface area (Å²) >= 11 is 0. The molecule has 0 saturated heterocycles. The third-order valence-electron chi connectivity index (χ3n) is 3.68. The van der Waals surface area contributed by atoms with Crippen LogP contribution in [0.3, 0.4) is 0 Å².